The van der Waals surface area contributed by atoms with Crippen molar-refractivity contribution in [1.29, 1.82) is 0 Å². The first-order valence-electron chi connectivity index (χ1n) is 14.9. The smallest absolute Gasteiger partial charge is 0.224 e. The number of imidazole rings is 1. The van der Waals surface area contributed by atoms with Crippen molar-refractivity contribution in [3.05, 3.63) is 121 Å². The van der Waals surface area contributed by atoms with Gasteiger partial charge in [-0.25, -0.2) is 4.57 Å². The molecule has 2 nitrogen and oxygen atoms in total. The van der Waals surface area contributed by atoms with Crippen LogP contribution in [0.25, 0.3) is 39.3 Å². The summed E-state index contributed by atoms with van der Waals surface area (Å²) in [4.78, 5) is 0. The first kappa shape index (κ1) is 26.3. The molecule has 0 N–H and O–H groups in total. The summed E-state index contributed by atoms with van der Waals surface area (Å²) in [5.74, 6) is 1.62. The number of aromatic nitrogens is 2. The minimum absolute atomic E-state index is 0.0303. The summed E-state index contributed by atoms with van der Waals surface area (Å²) in [5, 5.41) is 0. The highest BCUT2D eigenvalue weighted by Crippen LogP contribution is 2.50. The summed E-state index contributed by atoms with van der Waals surface area (Å²) in [6, 6.07) is 35.6. The summed E-state index contributed by atoms with van der Waals surface area (Å²) in [5.41, 5.74) is 10.4. The molecule has 5 aromatic rings. The third-order valence-corrected chi connectivity index (χ3v) is 9.89. The van der Waals surface area contributed by atoms with Crippen LogP contribution < -0.4 is 4.57 Å². The highest BCUT2D eigenvalue weighted by Gasteiger charge is 2.55. The van der Waals surface area contributed by atoms with Gasteiger partial charge in [0.05, 0.1) is 5.56 Å². The van der Waals surface area contributed by atoms with Crippen LogP contribution in [0.2, 0.25) is 0 Å². The molecule has 0 saturated heterocycles. The molecule has 1 aliphatic rings. The summed E-state index contributed by atoms with van der Waals surface area (Å²) >= 11 is 0. The standard InChI is InChI=1S/C38H41N2/c1-7-37(5)34-22-16-15-21-31(34)36-39(23-24-40(36)38(37,6)8-2)35-32(27(3)4)25-30(28-17-11-9-12-18-28)26-33(35)29-19-13-10-14-20-29/h9-27H,7-8H2,1-6H3/q+1. The zero-order valence-corrected chi connectivity index (χ0v) is 24.8. The van der Waals surface area contributed by atoms with Crippen LogP contribution in [0, 0.1) is 0 Å². The second-order valence-corrected chi connectivity index (χ2v) is 12.1. The van der Waals surface area contributed by atoms with Gasteiger partial charge in [-0.05, 0) is 66.1 Å². The molecule has 0 fully saturated rings. The van der Waals surface area contributed by atoms with Crippen molar-refractivity contribution in [1.82, 2.24) is 4.57 Å². The molecule has 0 amide bonds. The maximum atomic E-state index is 2.59. The molecule has 0 bridgehead atoms. The Balaban J connectivity index is 1.72. The SMILES string of the molecule is CCC1(C)c2ccccc2-c2n(-c3c(-c4ccccc4)cc(-c4ccccc4)cc3C(C)C)cc[n+]2C1(C)CC. The Morgan fingerprint density at radius 2 is 1.32 bits per heavy atom. The van der Waals surface area contributed by atoms with E-state index in [2.05, 4.69) is 160 Å². The molecule has 0 aliphatic carbocycles. The van der Waals surface area contributed by atoms with Crippen molar-refractivity contribution in [2.45, 2.75) is 71.3 Å². The van der Waals surface area contributed by atoms with E-state index >= 15 is 0 Å². The third kappa shape index (κ3) is 3.80. The van der Waals surface area contributed by atoms with E-state index in [1.165, 1.54) is 50.5 Å². The predicted molar refractivity (Wildman–Crippen MR) is 168 cm³/mol. The van der Waals surface area contributed by atoms with Crippen molar-refractivity contribution in [2.24, 2.45) is 0 Å². The van der Waals surface area contributed by atoms with E-state index in [1.54, 1.807) is 0 Å². The Bertz CT molecular complexity index is 1660. The van der Waals surface area contributed by atoms with Gasteiger partial charge in [0.1, 0.15) is 23.6 Å². The fourth-order valence-electron chi connectivity index (χ4n) is 7.08. The zero-order valence-electron chi connectivity index (χ0n) is 24.8. The average molecular weight is 526 g/mol. The Kier molecular flexibility index (Phi) is 6.53. The van der Waals surface area contributed by atoms with E-state index < -0.39 is 0 Å². The predicted octanol–water partition coefficient (Wildman–Crippen LogP) is 9.70. The minimum atomic E-state index is -0.0500. The summed E-state index contributed by atoms with van der Waals surface area (Å²) in [6.45, 7) is 14.3. The number of rotatable bonds is 6. The Morgan fingerprint density at radius 1 is 0.700 bits per heavy atom. The van der Waals surface area contributed by atoms with E-state index in [0.29, 0.717) is 5.92 Å². The van der Waals surface area contributed by atoms with Gasteiger partial charge in [-0.15, -0.1) is 0 Å². The number of hydrogen-bond donors (Lipinski definition) is 0. The topological polar surface area (TPSA) is 8.81 Å². The largest absolute Gasteiger partial charge is 0.294 e. The van der Waals surface area contributed by atoms with E-state index in [0.717, 1.165) is 12.8 Å². The van der Waals surface area contributed by atoms with Crippen LogP contribution in [-0.4, -0.2) is 4.57 Å². The highest BCUT2D eigenvalue weighted by atomic mass is 15.2. The second kappa shape index (κ2) is 9.93. The van der Waals surface area contributed by atoms with Crippen LogP contribution in [0.4, 0.5) is 0 Å². The summed E-state index contributed by atoms with van der Waals surface area (Å²) in [7, 11) is 0. The second-order valence-electron chi connectivity index (χ2n) is 12.1. The van der Waals surface area contributed by atoms with Crippen molar-refractivity contribution < 1.29 is 4.57 Å². The quantitative estimate of drug-likeness (QED) is 0.195. The number of benzene rings is 4. The Labute approximate surface area is 240 Å². The van der Waals surface area contributed by atoms with Crippen LogP contribution in [0.3, 0.4) is 0 Å². The lowest BCUT2D eigenvalue weighted by atomic mass is 9.61. The third-order valence-electron chi connectivity index (χ3n) is 9.89. The van der Waals surface area contributed by atoms with E-state index in [-0.39, 0.29) is 11.0 Å². The molecule has 2 heteroatoms. The molecule has 0 spiro atoms. The van der Waals surface area contributed by atoms with Gasteiger partial charge in [0, 0.05) is 16.5 Å². The van der Waals surface area contributed by atoms with Crippen molar-refractivity contribution in [3.8, 4) is 39.3 Å². The monoisotopic (exact) mass is 525 g/mol. The maximum absolute atomic E-state index is 2.59. The number of hydrogen-bond acceptors (Lipinski definition) is 0. The van der Waals surface area contributed by atoms with Crippen LogP contribution >= 0.6 is 0 Å². The average Bonchev–Trinajstić information content (AvgIpc) is 3.45. The number of fused-ring (bicyclic) bond motifs is 3. The van der Waals surface area contributed by atoms with Gasteiger partial charge in [-0.1, -0.05) is 113 Å². The fourth-order valence-corrected chi connectivity index (χ4v) is 7.08. The molecule has 4 aromatic carbocycles. The molecule has 1 aliphatic heterocycles. The lowest BCUT2D eigenvalue weighted by molar-refractivity contribution is -0.764. The fraction of sp³-hybridized carbons (Fsp3) is 0.289. The summed E-state index contributed by atoms with van der Waals surface area (Å²) < 4.78 is 5.08. The molecule has 0 saturated carbocycles. The molecule has 40 heavy (non-hydrogen) atoms. The first-order valence-corrected chi connectivity index (χ1v) is 14.9. The first-order chi connectivity index (χ1) is 19.3. The molecular weight excluding hydrogens is 484 g/mol. The van der Waals surface area contributed by atoms with E-state index in [1.807, 2.05) is 0 Å². The van der Waals surface area contributed by atoms with Crippen molar-refractivity contribution >= 4 is 0 Å². The van der Waals surface area contributed by atoms with Gasteiger partial charge in [-0.2, -0.15) is 4.57 Å². The molecule has 202 valence electrons. The van der Waals surface area contributed by atoms with Crippen LogP contribution in [-0.2, 0) is 11.0 Å². The lowest BCUT2D eigenvalue weighted by Gasteiger charge is -2.47. The highest BCUT2D eigenvalue weighted by molar-refractivity contribution is 5.83. The Hall–Kier alpha value is -3.91. The van der Waals surface area contributed by atoms with Gasteiger partial charge in [0.15, 0.2) is 0 Å². The molecule has 2 heterocycles. The van der Waals surface area contributed by atoms with E-state index in [9.17, 15) is 0 Å². The molecule has 1 aromatic heterocycles. The van der Waals surface area contributed by atoms with Gasteiger partial charge >= 0.3 is 0 Å². The van der Waals surface area contributed by atoms with Crippen molar-refractivity contribution in [2.75, 3.05) is 0 Å². The molecular formula is C38H41N2+. The number of nitrogens with zero attached hydrogens (tertiary/aromatic N) is 2. The van der Waals surface area contributed by atoms with Gasteiger partial charge in [-0.3, -0.25) is 0 Å². The molecule has 2 atom stereocenters. The van der Waals surface area contributed by atoms with Gasteiger partial charge < -0.3 is 0 Å². The van der Waals surface area contributed by atoms with Crippen LogP contribution in [0.1, 0.15) is 71.4 Å². The normalized spacial score (nSPS) is 19.9. The minimum Gasteiger partial charge on any atom is -0.224 e. The zero-order chi connectivity index (χ0) is 28.1. The van der Waals surface area contributed by atoms with E-state index in [4.69, 9.17) is 0 Å². The van der Waals surface area contributed by atoms with Crippen LogP contribution in [0.5, 0.6) is 0 Å². The summed E-state index contributed by atoms with van der Waals surface area (Å²) in [6.07, 6.45) is 6.80. The molecule has 6 rings (SSSR count). The Morgan fingerprint density at radius 3 is 1.95 bits per heavy atom. The van der Waals surface area contributed by atoms with Crippen molar-refractivity contribution in [3.63, 3.8) is 0 Å². The van der Waals surface area contributed by atoms with Gasteiger partial charge in [0.25, 0.3) is 5.82 Å². The lowest BCUT2D eigenvalue weighted by Crippen LogP contribution is -2.67. The molecule has 0 radical (unpaired) electrons. The van der Waals surface area contributed by atoms with Crippen LogP contribution in [0.15, 0.2) is 109 Å². The molecule has 2 unspecified atom stereocenters. The maximum Gasteiger partial charge on any atom is 0.294 e. The van der Waals surface area contributed by atoms with Gasteiger partial charge in [0.2, 0.25) is 0 Å².